The topological polar surface area (TPSA) is 22.2 Å². The zero-order valence-electron chi connectivity index (χ0n) is 13.9. The summed E-state index contributed by atoms with van der Waals surface area (Å²) in [5.74, 6) is 0.957. The first-order valence-corrected chi connectivity index (χ1v) is 8.41. The average Bonchev–Trinajstić information content (AvgIpc) is 3.20. The standard InChI is InChI=1S/C22H17N3/c1-24-18-14-8-9-15-19(18)25-21(17-12-6-3-7-13-17)20(23-22(24)25)16-10-4-2-5-11-16/h2-15H,1H3. The van der Waals surface area contributed by atoms with Crippen LogP contribution in [0, 0.1) is 0 Å². The molecule has 0 amide bonds. The number of hydrogen-bond donors (Lipinski definition) is 0. The molecule has 0 radical (unpaired) electrons. The van der Waals surface area contributed by atoms with Crippen LogP contribution in [0.4, 0.5) is 0 Å². The van der Waals surface area contributed by atoms with Gasteiger partial charge in [0.25, 0.3) is 0 Å². The highest BCUT2D eigenvalue weighted by Crippen LogP contribution is 2.35. The van der Waals surface area contributed by atoms with E-state index >= 15 is 0 Å². The van der Waals surface area contributed by atoms with Crippen LogP contribution in [0.3, 0.4) is 0 Å². The number of aryl methyl sites for hydroxylation is 1. The van der Waals surface area contributed by atoms with Crippen molar-refractivity contribution in [2.45, 2.75) is 0 Å². The normalized spacial score (nSPS) is 11.4. The van der Waals surface area contributed by atoms with Gasteiger partial charge in [0.05, 0.1) is 22.4 Å². The molecule has 25 heavy (non-hydrogen) atoms. The number of para-hydroxylation sites is 2. The molecule has 0 aliphatic heterocycles. The minimum Gasteiger partial charge on any atom is -0.313 e. The van der Waals surface area contributed by atoms with Crippen molar-refractivity contribution in [3.8, 4) is 22.5 Å². The number of aromatic nitrogens is 3. The van der Waals surface area contributed by atoms with Gasteiger partial charge in [0.1, 0.15) is 0 Å². The maximum atomic E-state index is 5.02. The van der Waals surface area contributed by atoms with Crippen molar-refractivity contribution in [3.05, 3.63) is 84.9 Å². The van der Waals surface area contributed by atoms with Gasteiger partial charge in [-0.15, -0.1) is 0 Å². The van der Waals surface area contributed by atoms with E-state index in [0.717, 1.165) is 22.7 Å². The van der Waals surface area contributed by atoms with E-state index in [1.54, 1.807) is 0 Å². The molecule has 0 spiro atoms. The Hall–Kier alpha value is -3.33. The average molecular weight is 323 g/mol. The Bertz CT molecular complexity index is 1180. The predicted molar refractivity (Wildman–Crippen MR) is 103 cm³/mol. The molecular weight excluding hydrogens is 306 g/mol. The lowest BCUT2D eigenvalue weighted by molar-refractivity contribution is 0.970. The quantitative estimate of drug-likeness (QED) is 0.440. The first-order valence-electron chi connectivity index (χ1n) is 8.41. The SMILES string of the molecule is Cn1c2ccccc2n2c(-c3ccccc3)c(-c3ccccc3)nc12. The lowest BCUT2D eigenvalue weighted by atomic mass is 10.0. The highest BCUT2D eigenvalue weighted by molar-refractivity contribution is 5.89. The molecule has 120 valence electrons. The van der Waals surface area contributed by atoms with Crippen LogP contribution < -0.4 is 0 Å². The number of fused-ring (bicyclic) bond motifs is 3. The molecule has 3 nitrogen and oxygen atoms in total. The van der Waals surface area contributed by atoms with E-state index in [4.69, 9.17) is 4.98 Å². The summed E-state index contributed by atoms with van der Waals surface area (Å²) >= 11 is 0. The molecule has 2 aromatic heterocycles. The Morgan fingerprint density at radius 3 is 1.88 bits per heavy atom. The summed E-state index contributed by atoms with van der Waals surface area (Å²) < 4.78 is 4.43. The highest BCUT2D eigenvalue weighted by atomic mass is 15.2. The summed E-state index contributed by atoms with van der Waals surface area (Å²) in [5, 5.41) is 0. The lowest BCUT2D eigenvalue weighted by Crippen LogP contribution is -1.88. The largest absolute Gasteiger partial charge is 0.313 e. The van der Waals surface area contributed by atoms with E-state index in [1.165, 1.54) is 16.6 Å². The van der Waals surface area contributed by atoms with Gasteiger partial charge in [-0.2, -0.15) is 0 Å². The van der Waals surface area contributed by atoms with Gasteiger partial charge in [0, 0.05) is 18.2 Å². The van der Waals surface area contributed by atoms with Crippen LogP contribution in [0.1, 0.15) is 0 Å². The van der Waals surface area contributed by atoms with Crippen molar-refractivity contribution in [3.63, 3.8) is 0 Å². The Balaban J connectivity index is 1.97. The summed E-state index contributed by atoms with van der Waals surface area (Å²) in [4.78, 5) is 5.02. The second kappa shape index (κ2) is 5.35. The fraction of sp³-hybridized carbons (Fsp3) is 0.0455. The lowest BCUT2D eigenvalue weighted by Gasteiger charge is -2.06. The minimum absolute atomic E-state index is 0.957. The van der Waals surface area contributed by atoms with Crippen LogP contribution in [-0.4, -0.2) is 14.0 Å². The van der Waals surface area contributed by atoms with Gasteiger partial charge in [0.2, 0.25) is 5.78 Å². The first kappa shape index (κ1) is 14.1. The van der Waals surface area contributed by atoms with Crippen molar-refractivity contribution >= 4 is 16.8 Å². The Morgan fingerprint density at radius 1 is 0.640 bits per heavy atom. The zero-order valence-corrected chi connectivity index (χ0v) is 13.9. The number of benzene rings is 3. The van der Waals surface area contributed by atoms with Gasteiger partial charge in [-0.05, 0) is 12.1 Å². The van der Waals surface area contributed by atoms with E-state index < -0.39 is 0 Å². The summed E-state index contributed by atoms with van der Waals surface area (Å²) in [7, 11) is 2.08. The van der Waals surface area contributed by atoms with E-state index in [9.17, 15) is 0 Å². The van der Waals surface area contributed by atoms with Gasteiger partial charge in [-0.3, -0.25) is 4.40 Å². The maximum absolute atomic E-state index is 5.02. The first-order chi connectivity index (χ1) is 12.3. The fourth-order valence-electron chi connectivity index (χ4n) is 3.57. The molecule has 0 fully saturated rings. The number of rotatable bonds is 2. The molecule has 0 unspecified atom stereocenters. The molecule has 0 atom stereocenters. The molecule has 5 rings (SSSR count). The summed E-state index contributed by atoms with van der Waals surface area (Å²) in [6.45, 7) is 0. The van der Waals surface area contributed by atoms with Crippen molar-refractivity contribution < 1.29 is 0 Å². The zero-order chi connectivity index (χ0) is 16.8. The molecule has 0 saturated heterocycles. The second-order valence-electron chi connectivity index (χ2n) is 6.22. The predicted octanol–water partition coefficient (Wildman–Crippen LogP) is 5.16. The minimum atomic E-state index is 0.957. The summed E-state index contributed by atoms with van der Waals surface area (Å²) in [6.07, 6.45) is 0. The van der Waals surface area contributed by atoms with Gasteiger partial charge in [-0.25, -0.2) is 4.98 Å². The molecular formula is C22H17N3. The van der Waals surface area contributed by atoms with Gasteiger partial charge in [-0.1, -0.05) is 72.8 Å². The second-order valence-corrected chi connectivity index (χ2v) is 6.22. The smallest absolute Gasteiger partial charge is 0.215 e. The third kappa shape index (κ3) is 2.02. The van der Waals surface area contributed by atoms with Crippen LogP contribution >= 0.6 is 0 Å². The molecule has 3 heteroatoms. The van der Waals surface area contributed by atoms with Crippen LogP contribution in [0.25, 0.3) is 39.3 Å². The third-order valence-corrected chi connectivity index (χ3v) is 4.74. The summed E-state index contributed by atoms with van der Waals surface area (Å²) in [6, 6.07) is 29.4. The van der Waals surface area contributed by atoms with Crippen molar-refractivity contribution in [2.75, 3.05) is 0 Å². The van der Waals surface area contributed by atoms with Crippen molar-refractivity contribution in [1.29, 1.82) is 0 Å². The highest BCUT2D eigenvalue weighted by Gasteiger charge is 2.20. The number of hydrogen-bond acceptors (Lipinski definition) is 1. The Labute approximate surface area is 145 Å². The molecule has 0 bridgehead atoms. The van der Waals surface area contributed by atoms with Crippen LogP contribution in [0.15, 0.2) is 84.9 Å². The Morgan fingerprint density at radius 2 is 1.20 bits per heavy atom. The number of nitrogens with zero attached hydrogens (tertiary/aromatic N) is 3. The van der Waals surface area contributed by atoms with E-state index in [1.807, 2.05) is 12.1 Å². The molecule has 0 aliphatic rings. The molecule has 5 aromatic rings. The van der Waals surface area contributed by atoms with E-state index in [2.05, 4.69) is 88.8 Å². The van der Waals surface area contributed by atoms with Gasteiger partial charge < -0.3 is 4.57 Å². The van der Waals surface area contributed by atoms with E-state index in [0.29, 0.717) is 0 Å². The number of imidazole rings is 2. The van der Waals surface area contributed by atoms with Crippen LogP contribution in [0.2, 0.25) is 0 Å². The van der Waals surface area contributed by atoms with Crippen LogP contribution in [0.5, 0.6) is 0 Å². The monoisotopic (exact) mass is 323 g/mol. The fourth-order valence-corrected chi connectivity index (χ4v) is 3.57. The maximum Gasteiger partial charge on any atom is 0.215 e. The van der Waals surface area contributed by atoms with Crippen LogP contribution in [-0.2, 0) is 7.05 Å². The van der Waals surface area contributed by atoms with Crippen molar-refractivity contribution in [1.82, 2.24) is 14.0 Å². The van der Waals surface area contributed by atoms with E-state index in [-0.39, 0.29) is 0 Å². The van der Waals surface area contributed by atoms with Crippen molar-refractivity contribution in [2.24, 2.45) is 7.05 Å². The molecule has 0 N–H and O–H groups in total. The summed E-state index contributed by atoms with van der Waals surface area (Å²) in [5.41, 5.74) is 6.82. The molecule has 2 heterocycles. The third-order valence-electron chi connectivity index (χ3n) is 4.74. The Kier molecular flexibility index (Phi) is 3.01. The molecule has 3 aromatic carbocycles. The van der Waals surface area contributed by atoms with Gasteiger partial charge >= 0.3 is 0 Å². The van der Waals surface area contributed by atoms with Gasteiger partial charge in [0.15, 0.2) is 0 Å². The molecule has 0 saturated carbocycles. The molecule has 0 aliphatic carbocycles.